The fraction of sp³-hybridized carbons (Fsp3) is 0.588. The van der Waals surface area contributed by atoms with Gasteiger partial charge in [-0.1, -0.05) is 32.0 Å². The Labute approximate surface area is 128 Å². The molecule has 0 unspecified atom stereocenters. The summed E-state index contributed by atoms with van der Waals surface area (Å²) < 4.78 is 0. The Morgan fingerprint density at radius 2 is 2.05 bits per heavy atom. The Balaban J connectivity index is 1.84. The first-order valence-corrected chi connectivity index (χ1v) is 8.00. The number of nitrogens with zero attached hydrogens (tertiary/aromatic N) is 2. The lowest BCUT2D eigenvalue weighted by Gasteiger charge is -2.23. The van der Waals surface area contributed by atoms with Crippen LogP contribution in [0.25, 0.3) is 0 Å². The van der Waals surface area contributed by atoms with Gasteiger partial charge in [-0.3, -0.25) is 4.79 Å². The minimum Gasteiger partial charge on any atom is -0.308 e. The minimum atomic E-state index is 0.173. The van der Waals surface area contributed by atoms with E-state index in [0.717, 1.165) is 38.3 Å². The van der Waals surface area contributed by atoms with Crippen LogP contribution in [0.4, 0.5) is 5.69 Å². The van der Waals surface area contributed by atoms with Gasteiger partial charge in [0.05, 0.1) is 6.54 Å². The first-order chi connectivity index (χ1) is 10.2. The van der Waals surface area contributed by atoms with Crippen LogP contribution in [0.5, 0.6) is 0 Å². The molecule has 0 aliphatic carbocycles. The molecule has 0 saturated heterocycles. The largest absolute Gasteiger partial charge is 0.308 e. The molecule has 1 aromatic carbocycles. The first kappa shape index (κ1) is 16.0. The predicted octanol–water partition coefficient (Wildman–Crippen LogP) is 1.90. The second-order valence-electron chi connectivity index (χ2n) is 5.65. The van der Waals surface area contributed by atoms with E-state index >= 15 is 0 Å². The molecule has 2 rings (SSSR count). The Kier molecular flexibility index (Phi) is 5.76. The molecule has 4 nitrogen and oxygen atoms in total. The lowest BCUT2D eigenvalue weighted by molar-refractivity contribution is -0.118. The fourth-order valence-corrected chi connectivity index (χ4v) is 3.00. The molecule has 1 aliphatic heterocycles. The number of para-hydroxylation sites is 1. The van der Waals surface area contributed by atoms with Gasteiger partial charge in [-0.05, 0) is 38.1 Å². The number of carbonyl (C=O) groups is 1. The van der Waals surface area contributed by atoms with E-state index in [1.165, 1.54) is 5.56 Å². The van der Waals surface area contributed by atoms with Gasteiger partial charge in [0.15, 0.2) is 0 Å². The first-order valence-electron chi connectivity index (χ1n) is 8.00. The molecule has 1 N–H and O–H groups in total. The van der Waals surface area contributed by atoms with Crippen LogP contribution in [0.15, 0.2) is 24.3 Å². The van der Waals surface area contributed by atoms with Crippen LogP contribution in [-0.4, -0.2) is 49.6 Å². The Bertz CT molecular complexity index is 471. The van der Waals surface area contributed by atoms with Crippen molar-refractivity contribution in [1.29, 1.82) is 0 Å². The molecular formula is C17H27N3O. The summed E-state index contributed by atoms with van der Waals surface area (Å²) in [7, 11) is 0. The Morgan fingerprint density at radius 1 is 1.33 bits per heavy atom. The molecule has 0 aromatic heterocycles. The molecule has 1 atom stereocenters. The summed E-state index contributed by atoms with van der Waals surface area (Å²) in [5.41, 5.74) is 2.36. The number of rotatable bonds is 7. The molecule has 1 heterocycles. The molecule has 1 aliphatic rings. The zero-order chi connectivity index (χ0) is 15.2. The van der Waals surface area contributed by atoms with Crippen LogP contribution in [0.3, 0.4) is 0 Å². The zero-order valence-electron chi connectivity index (χ0n) is 13.4. The number of likely N-dealkylation sites (N-methyl/N-ethyl adjacent to an activating group) is 1. The molecule has 1 aromatic rings. The zero-order valence-corrected chi connectivity index (χ0v) is 13.4. The second-order valence-corrected chi connectivity index (χ2v) is 5.65. The lowest BCUT2D eigenvalue weighted by Crippen LogP contribution is -2.43. The van der Waals surface area contributed by atoms with E-state index in [2.05, 4.69) is 37.1 Å². The highest BCUT2D eigenvalue weighted by Crippen LogP contribution is 2.31. The van der Waals surface area contributed by atoms with Crippen molar-refractivity contribution in [3.05, 3.63) is 29.8 Å². The third-order valence-electron chi connectivity index (χ3n) is 4.25. The number of hydrogen-bond donors (Lipinski definition) is 1. The summed E-state index contributed by atoms with van der Waals surface area (Å²) in [6, 6.07) is 8.48. The maximum Gasteiger partial charge on any atom is 0.241 e. The minimum absolute atomic E-state index is 0.173. The quantitative estimate of drug-likeness (QED) is 0.779. The predicted molar refractivity (Wildman–Crippen MR) is 87.8 cm³/mol. The van der Waals surface area contributed by atoms with Gasteiger partial charge in [0.2, 0.25) is 5.91 Å². The van der Waals surface area contributed by atoms with Gasteiger partial charge in [0, 0.05) is 24.8 Å². The Hall–Kier alpha value is -1.39. The van der Waals surface area contributed by atoms with E-state index in [-0.39, 0.29) is 11.9 Å². The highest BCUT2D eigenvalue weighted by Gasteiger charge is 2.29. The topological polar surface area (TPSA) is 35.6 Å². The van der Waals surface area contributed by atoms with Crippen LogP contribution >= 0.6 is 0 Å². The molecule has 4 heteroatoms. The van der Waals surface area contributed by atoms with Crippen molar-refractivity contribution < 1.29 is 4.79 Å². The summed E-state index contributed by atoms with van der Waals surface area (Å²) in [5.74, 6) is 0.173. The third-order valence-corrected chi connectivity index (χ3v) is 4.25. The van der Waals surface area contributed by atoms with Gasteiger partial charge in [-0.25, -0.2) is 0 Å². The van der Waals surface area contributed by atoms with Crippen molar-refractivity contribution in [2.75, 3.05) is 37.6 Å². The van der Waals surface area contributed by atoms with Crippen molar-refractivity contribution in [3.63, 3.8) is 0 Å². The van der Waals surface area contributed by atoms with Crippen LogP contribution in [0.2, 0.25) is 0 Å². The highest BCUT2D eigenvalue weighted by molar-refractivity contribution is 5.97. The van der Waals surface area contributed by atoms with E-state index in [1.54, 1.807) is 0 Å². The number of anilines is 1. The number of amides is 1. The number of fused-ring (bicyclic) bond motifs is 1. The summed E-state index contributed by atoms with van der Waals surface area (Å²) in [5, 5.41) is 3.28. The Morgan fingerprint density at radius 3 is 2.76 bits per heavy atom. The summed E-state index contributed by atoms with van der Waals surface area (Å²) in [6.45, 7) is 10.8. The second kappa shape index (κ2) is 7.57. The molecule has 0 fully saturated rings. The third kappa shape index (κ3) is 3.83. The number of benzene rings is 1. The maximum atomic E-state index is 12.5. The van der Waals surface area contributed by atoms with Crippen molar-refractivity contribution >= 4 is 11.6 Å². The van der Waals surface area contributed by atoms with E-state index in [0.29, 0.717) is 6.54 Å². The monoisotopic (exact) mass is 289 g/mol. The molecule has 116 valence electrons. The normalized spacial score (nSPS) is 17.3. The fourth-order valence-electron chi connectivity index (χ4n) is 3.00. The van der Waals surface area contributed by atoms with Crippen molar-refractivity contribution in [2.45, 2.75) is 33.2 Å². The van der Waals surface area contributed by atoms with Crippen LogP contribution in [-0.2, 0) is 11.2 Å². The van der Waals surface area contributed by atoms with Crippen LogP contribution in [0.1, 0.15) is 26.3 Å². The number of hydrogen-bond acceptors (Lipinski definition) is 3. The number of nitrogens with one attached hydrogen (secondary N) is 1. The molecule has 0 radical (unpaired) electrons. The average Bonchev–Trinajstić information content (AvgIpc) is 2.83. The van der Waals surface area contributed by atoms with Crippen LogP contribution < -0.4 is 10.2 Å². The molecule has 21 heavy (non-hydrogen) atoms. The summed E-state index contributed by atoms with van der Waals surface area (Å²) >= 11 is 0. The lowest BCUT2D eigenvalue weighted by atomic mass is 10.1. The van der Waals surface area contributed by atoms with Gasteiger partial charge in [-0.15, -0.1) is 0 Å². The van der Waals surface area contributed by atoms with Gasteiger partial charge >= 0.3 is 0 Å². The van der Waals surface area contributed by atoms with Gasteiger partial charge < -0.3 is 15.1 Å². The van der Waals surface area contributed by atoms with Gasteiger partial charge in [0.1, 0.15) is 0 Å². The molecular weight excluding hydrogens is 262 g/mol. The molecule has 0 bridgehead atoms. The van der Waals surface area contributed by atoms with E-state index in [9.17, 15) is 4.79 Å². The SMILES string of the molecule is CCN(CC)CCNCC(=O)N1c2ccccc2C[C@@H]1C. The van der Waals surface area contributed by atoms with E-state index in [4.69, 9.17) is 0 Å². The van der Waals surface area contributed by atoms with Gasteiger partial charge in [-0.2, -0.15) is 0 Å². The van der Waals surface area contributed by atoms with E-state index < -0.39 is 0 Å². The van der Waals surface area contributed by atoms with Crippen molar-refractivity contribution in [1.82, 2.24) is 10.2 Å². The average molecular weight is 289 g/mol. The van der Waals surface area contributed by atoms with Crippen molar-refractivity contribution in [2.24, 2.45) is 0 Å². The molecule has 1 amide bonds. The smallest absolute Gasteiger partial charge is 0.241 e. The standard InChI is InChI=1S/C17H27N3O/c1-4-19(5-2)11-10-18-13-17(21)20-14(3)12-15-8-6-7-9-16(15)20/h6-9,14,18H,4-5,10-13H2,1-3H3/t14-/m0/s1. The molecule has 0 spiro atoms. The van der Waals surface area contributed by atoms with Crippen LogP contribution in [0, 0.1) is 0 Å². The van der Waals surface area contributed by atoms with Gasteiger partial charge in [0.25, 0.3) is 0 Å². The van der Waals surface area contributed by atoms with Crippen molar-refractivity contribution in [3.8, 4) is 0 Å². The summed E-state index contributed by atoms with van der Waals surface area (Å²) in [6.07, 6.45) is 0.960. The molecule has 0 saturated carbocycles. The number of carbonyl (C=O) groups excluding carboxylic acids is 1. The van der Waals surface area contributed by atoms with E-state index in [1.807, 2.05) is 23.1 Å². The summed E-state index contributed by atoms with van der Waals surface area (Å²) in [4.78, 5) is 16.7. The maximum absolute atomic E-state index is 12.5. The highest BCUT2D eigenvalue weighted by atomic mass is 16.2.